The van der Waals surface area contributed by atoms with Crippen molar-refractivity contribution >= 4 is 72.1 Å². The average Bonchev–Trinajstić information content (AvgIpc) is 3.62. The van der Waals surface area contributed by atoms with E-state index >= 15 is 0 Å². The molecule has 220 valence electrons. The van der Waals surface area contributed by atoms with Gasteiger partial charge in [0.15, 0.2) is 11.6 Å². The van der Waals surface area contributed by atoms with Crippen molar-refractivity contribution in [1.29, 1.82) is 0 Å². The lowest BCUT2D eigenvalue weighted by atomic mass is 10.2. The molecule has 10 nitrogen and oxygen atoms in total. The van der Waals surface area contributed by atoms with Crippen LogP contribution in [-0.2, 0) is 6.54 Å². The van der Waals surface area contributed by atoms with Crippen LogP contribution in [0.3, 0.4) is 0 Å². The van der Waals surface area contributed by atoms with Crippen LogP contribution in [0.2, 0.25) is 10.2 Å². The highest BCUT2D eigenvalue weighted by molar-refractivity contribution is 7.19. The lowest BCUT2D eigenvalue weighted by Gasteiger charge is -2.10. The summed E-state index contributed by atoms with van der Waals surface area (Å²) in [5.41, 5.74) is 2.30. The first-order chi connectivity index (χ1) is 21.4. The smallest absolute Gasteiger partial charge is 0.183 e. The fraction of sp³-hybridized carbons (Fsp3) is 0.133. The fourth-order valence-electron chi connectivity index (χ4n) is 4.25. The number of hydrogen-bond acceptors (Lipinski definition) is 12. The number of fused-ring (bicyclic) bond motifs is 2. The Balaban J connectivity index is 0.000000173. The predicted molar refractivity (Wildman–Crippen MR) is 177 cm³/mol. The van der Waals surface area contributed by atoms with Crippen molar-refractivity contribution in [3.63, 3.8) is 0 Å². The molecule has 0 aliphatic heterocycles. The number of rotatable bonds is 6. The summed E-state index contributed by atoms with van der Waals surface area (Å²) >= 11 is 15.6. The monoisotopic (exact) mass is 659 g/mol. The van der Waals surface area contributed by atoms with Crippen LogP contribution in [0.1, 0.15) is 15.3 Å². The Morgan fingerprint density at radius 1 is 0.750 bits per heavy atom. The van der Waals surface area contributed by atoms with Gasteiger partial charge in [0.1, 0.15) is 37.8 Å². The van der Waals surface area contributed by atoms with E-state index in [1.807, 2.05) is 31.2 Å². The SMILES string of the molecule is COc1ccc(CNc2nc(-c3cnccn3)nc3sc(C)cc23)cc1Cl.Cc1cc2c(Cl)nc(-c3cnccn3)nc2s1. The van der Waals surface area contributed by atoms with Crippen molar-refractivity contribution in [1.82, 2.24) is 39.9 Å². The second-order valence-electron chi connectivity index (χ2n) is 9.39. The third-order valence-corrected chi connectivity index (χ3v) is 8.72. The molecule has 0 fully saturated rings. The van der Waals surface area contributed by atoms with Crippen molar-refractivity contribution in [2.75, 3.05) is 12.4 Å². The largest absolute Gasteiger partial charge is 0.495 e. The zero-order valence-corrected chi connectivity index (χ0v) is 26.8. The Bertz CT molecular complexity index is 2070. The van der Waals surface area contributed by atoms with Crippen LogP contribution in [0.4, 0.5) is 5.82 Å². The molecule has 1 N–H and O–H groups in total. The molecule has 0 aliphatic rings. The minimum atomic E-state index is 0.458. The molecule has 14 heteroatoms. The highest BCUT2D eigenvalue weighted by Crippen LogP contribution is 2.32. The lowest BCUT2D eigenvalue weighted by Crippen LogP contribution is -2.04. The minimum absolute atomic E-state index is 0.458. The van der Waals surface area contributed by atoms with Crippen LogP contribution in [0.5, 0.6) is 5.75 Å². The van der Waals surface area contributed by atoms with Gasteiger partial charge in [-0.3, -0.25) is 9.97 Å². The normalized spacial score (nSPS) is 10.9. The van der Waals surface area contributed by atoms with Gasteiger partial charge in [-0.15, -0.1) is 22.7 Å². The van der Waals surface area contributed by atoms with Gasteiger partial charge in [0.05, 0.1) is 29.9 Å². The molecule has 0 amide bonds. The predicted octanol–water partition coefficient (Wildman–Crippen LogP) is 7.84. The summed E-state index contributed by atoms with van der Waals surface area (Å²) < 4.78 is 5.20. The van der Waals surface area contributed by atoms with Gasteiger partial charge in [-0.2, -0.15) is 0 Å². The van der Waals surface area contributed by atoms with Crippen molar-refractivity contribution in [2.24, 2.45) is 0 Å². The van der Waals surface area contributed by atoms with E-state index in [1.54, 1.807) is 67.0 Å². The van der Waals surface area contributed by atoms with E-state index in [1.165, 1.54) is 4.88 Å². The van der Waals surface area contributed by atoms with Gasteiger partial charge in [0.25, 0.3) is 0 Å². The summed E-state index contributed by atoms with van der Waals surface area (Å²) in [6.07, 6.45) is 9.76. The first-order valence-corrected chi connectivity index (χ1v) is 15.6. The third-order valence-electron chi connectivity index (χ3n) is 6.25. The number of halogens is 2. The van der Waals surface area contributed by atoms with Gasteiger partial charge < -0.3 is 10.1 Å². The van der Waals surface area contributed by atoms with E-state index in [0.29, 0.717) is 45.5 Å². The molecule has 7 rings (SSSR count). The maximum atomic E-state index is 6.22. The van der Waals surface area contributed by atoms with E-state index in [4.69, 9.17) is 27.9 Å². The van der Waals surface area contributed by atoms with Crippen LogP contribution in [0.25, 0.3) is 43.5 Å². The molecule has 6 heterocycles. The number of thiophene rings is 2. The number of methoxy groups -OCH3 is 1. The summed E-state index contributed by atoms with van der Waals surface area (Å²) in [4.78, 5) is 38.7. The highest BCUT2D eigenvalue weighted by atomic mass is 35.5. The molecule has 0 saturated heterocycles. The zero-order chi connectivity index (χ0) is 30.6. The van der Waals surface area contributed by atoms with Gasteiger partial charge >= 0.3 is 0 Å². The molecule has 0 aliphatic carbocycles. The highest BCUT2D eigenvalue weighted by Gasteiger charge is 2.14. The van der Waals surface area contributed by atoms with E-state index < -0.39 is 0 Å². The van der Waals surface area contributed by atoms with Crippen LogP contribution >= 0.6 is 45.9 Å². The molecule has 0 atom stereocenters. The van der Waals surface area contributed by atoms with E-state index in [0.717, 1.165) is 36.7 Å². The molecule has 0 unspecified atom stereocenters. The first kappa shape index (κ1) is 29.7. The van der Waals surface area contributed by atoms with Crippen LogP contribution in [-0.4, -0.2) is 47.0 Å². The maximum Gasteiger partial charge on any atom is 0.183 e. The zero-order valence-electron chi connectivity index (χ0n) is 23.6. The second kappa shape index (κ2) is 13.1. The molecule has 6 aromatic heterocycles. The number of nitrogens with zero attached hydrogens (tertiary/aromatic N) is 8. The van der Waals surface area contributed by atoms with Crippen molar-refractivity contribution in [3.8, 4) is 28.8 Å². The number of nitrogens with one attached hydrogen (secondary N) is 1. The summed E-state index contributed by atoms with van der Waals surface area (Å²) in [7, 11) is 1.60. The molecule has 44 heavy (non-hydrogen) atoms. The Morgan fingerprint density at radius 2 is 1.36 bits per heavy atom. The quantitative estimate of drug-likeness (QED) is 0.176. The number of aryl methyl sites for hydroxylation is 2. The number of hydrogen-bond donors (Lipinski definition) is 1. The van der Waals surface area contributed by atoms with Crippen LogP contribution in [0.15, 0.2) is 67.5 Å². The Hall–Kier alpha value is -4.36. The Kier molecular flexibility index (Phi) is 8.84. The van der Waals surface area contributed by atoms with Crippen molar-refractivity contribution in [2.45, 2.75) is 20.4 Å². The summed E-state index contributed by atoms with van der Waals surface area (Å²) in [5.74, 6) is 2.48. The van der Waals surface area contributed by atoms with Crippen LogP contribution in [0, 0.1) is 13.8 Å². The third kappa shape index (κ3) is 6.58. The fourth-order valence-corrected chi connectivity index (χ4v) is 6.57. The van der Waals surface area contributed by atoms with Gasteiger partial charge in [-0.25, -0.2) is 29.9 Å². The molecule has 0 radical (unpaired) electrons. The van der Waals surface area contributed by atoms with Gasteiger partial charge in [-0.05, 0) is 43.7 Å². The number of benzene rings is 1. The lowest BCUT2D eigenvalue weighted by molar-refractivity contribution is 0.415. The Morgan fingerprint density at radius 3 is 1.95 bits per heavy atom. The molecule has 1 aromatic carbocycles. The summed E-state index contributed by atoms with van der Waals surface area (Å²) in [6, 6.07) is 9.79. The summed E-state index contributed by atoms with van der Waals surface area (Å²) in [5, 5.41) is 6.32. The second-order valence-corrected chi connectivity index (χ2v) is 12.6. The molecular weight excluding hydrogens is 637 g/mol. The van der Waals surface area contributed by atoms with Crippen LogP contribution < -0.4 is 10.1 Å². The average molecular weight is 661 g/mol. The topological polar surface area (TPSA) is 124 Å². The minimum Gasteiger partial charge on any atom is -0.495 e. The standard InChI is InChI=1S/C19H16ClN5OS.C11H7ClN4S/c1-11-7-13-17(23-9-12-3-4-16(26-2)14(20)8-12)24-18(25-19(13)27-11)15-10-21-5-6-22-15;1-6-4-7-9(12)15-10(16-11(7)17-6)8-5-13-2-3-14-8/h3-8,10H,9H2,1-2H3,(H,23,24,25);2-5H,1H3. The molecular formula is C30H23Cl2N9OS2. The maximum absolute atomic E-state index is 6.22. The Labute approximate surface area is 270 Å². The molecule has 0 bridgehead atoms. The molecule has 0 spiro atoms. The number of aromatic nitrogens is 8. The van der Waals surface area contributed by atoms with Gasteiger partial charge in [0.2, 0.25) is 0 Å². The van der Waals surface area contributed by atoms with Crippen molar-refractivity contribution < 1.29 is 4.74 Å². The van der Waals surface area contributed by atoms with Gasteiger partial charge in [0, 0.05) is 46.5 Å². The van der Waals surface area contributed by atoms with Gasteiger partial charge in [-0.1, -0.05) is 29.3 Å². The number of ether oxygens (including phenoxy) is 1. The van der Waals surface area contributed by atoms with E-state index in [-0.39, 0.29) is 0 Å². The first-order valence-electron chi connectivity index (χ1n) is 13.2. The number of anilines is 1. The summed E-state index contributed by atoms with van der Waals surface area (Å²) in [6.45, 7) is 4.65. The molecule has 7 aromatic rings. The molecule has 0 saturated carbocycles. The van der Waals surface area contributed by atoms with E-state index in [2.05, 4.69) is 58.2 Å². The van der Waals surface area contributed by atoms with E-state index in [9.17, 15) is 0 Å². The van der Waals surface area contributed by atoms with Crippen molar-refractivity contribution in [3.05, 3.63) is 93.0 Å².